The molecule has 0 amide bonds. The van der Waals surface area contributed by atoms with Crippen molar-refractivity contribution < 1.29 is 8.94 Å². The lowest BCUT2D eigenvalue weighted by Crippen LogP contribution is -2.03. The zero-order chi connectivity index (χ0) is 14.8. The molecule has 21 heavy (non-hydrogen) atoms. The highest BCUT2D eigenvalue weighted by Crippen LogP contribution is 2.25. The smallest absolute Gasteiger partial charge is 0.247 e. The lowest BCUT2D eigenvalue weighted by atomic mass is 10.1. The van der Waals surface area contributed by atoms with Gasteiger partial charge in [-0.15, -0.1) is 10.2 Å². The molecule has 0 aliphatic heterocycles. The topological polar surface area (TPSA) is 77.0 Å². The number of nitrogens with zero attached hydrogens (tertiary/aromatic N) is 3. The molecule has 0 unspecified atom stereocenters. The quantitative estimate of drug-likeness (QED) is 0.792. The molecule has 0 spiro atoms. The molecule has 0 bridgehead atoms. The Labute approximate surface area is 122 Å². The number of benzene rings is 1. The molecule has 108 valence electrons. The van der Waals surface area contributed by atoms with E-state index in [0.717, 1.165) is 33.8 Å². The van der Waals surface area contributed by atoms with Gasteiger partial charge in [0.25, 0.3) is 0 Å². The van der Waals surface area contributed by atoms with Crippen LogP contribution in [0.1, 0.15) is 22.6 Å². The first-order valence-electron chi connectivity index (χ1n) is 6.68. The predicted molar refractivity (Wildman–Crippen MR) is 77.8 cm³/mol. The fourth-order valence-corrected chi connectivity index (χ4v) is 2.18. The molecule has 3 aromatic rings. The highest BCUT2D eigenvalue weighted by molar-refractivity contribution is 5.64. The van der Waals surface area contributed by atoms with Gasteiger partial charge in [0.05, 0.1) is 5.69 Å². The van der Waals surface area contributed by atoms with Gasteiger partial charge >= 0.3 is 0 Å². The van der Waals surface area contributed by atoms with E-state index >= 15 is 0 Å². The number of hydrogen-bond donors (Lipinski definition) is 1. The maximum absolute atomic E-state index is 5.23. The first-order valence-corrected chi connectivity index (χ1v) is 6.68. The molecule has 0 saturated carbocycles. The number of nitrogens with one attached hydrogen (secondary N) is 1. The predicted octanol–water partition coefficient (Wildman–Crippen LogP) is 3.26. The van der Waals surface area contributed by atoms with Crippen LogP contribution in [-0.4, -0.2) is 15.4 Å². The molecule has 0 radical (unpaired) electrons. The zero-order valence-corrected chi connectivity index (χ0v) is 12.2. The largest absolute Gasteiger partial charge is 0.423 e. The summed E-state index contributed by atoms with van der Waals surface area (Å²) in [5.74, 6) is 1.35. The zero-order valence-electron chi connectivity index (χ0n) is 12.2. The summed E-state index contributed by atoms with van der Waals surface area (Å²) in [5, 5.41) is 15.0. The van der Waals surface area contributed by atoms with E-state index in [1.165, 1.54) is 6.39 Å². The Hall–Kier alpha value is -2.63. The van der Waals surface area contributed by atoms with E-state index in [4.69, 9.17) is 8.94 Å². The highest BCUT2D eigenvalue weighted by Gasteiger charge is 2.10. The van der Waals surface area contributed by atoms with Crippen LogP contribution >= 0.6 is 0 Å². The fraction of sp³-hybridized carbons (Fsp3) is 0.267. The Morgan fingerprint density at radius 1 is 1.19 bits per heavy atom. The first kappa shape index (κ1) is 13.4. The molecule has 1 N–H and O–H groups in total. The third kappa shape index (κ3) is 2.65. The van der Waals surface area contributed by atoms with E-state index in [2.05, 4.69) is 20.7 Å². The second-order valence-electron chi connectivity index (χ2n) is 4.93. The van der Waals surface area contributed by atoms with Gasteiger partial charge in [0, 0.05) is 23.4 Å². The van der Waals surface area contributed by atoms with Crippen LogP contribution in [0, 0.1) is 20.8 Å². The van der Waals surface area contributed by atoms with Gasteiger partial charge in [0.15, 0.2) is 0 Å². The summed E-state index contributed by atoms with van der Waals surface area (Å²) >= 11 is 0. The van der Waals surface area contributed by atoms with E-state index in [0.29, 0.717) is 12.4 Å². The number of aromatic nitrogens is 3. The minimum absolute atomic E-state index is 0.510. The van der Waals surface area contributed by atoms with Crippen molar-refractivity contribution in [2.45, 2.75) is 27.3 Å². The summed E-state index contributed by atoms with van der Waals surface area (Å²) < 4.78 is 10.4. The number of hydrogen-bond acceptors (Lipinski definition) is 6. The molecule has 2 aromatic heterocycles. The van der Waals surface area contributed by atoms with Crippen molar-refractivity contribution in [3.63, 3.8) is 0 Å². The third-order valence-corrected chi connectivity index (χ3v) is 3.48. The summed E-state index contributed by atoms with van der Waals surface area (Å²) in [5.41, 5.74) is 5.04. The van der Waals surface area contributed by atoms with Crippen LogP contribution in [0.4, 0.5) is 5.69 Å². The lowest BCUT2D eigenvalue weighted by Gasteiger charge is -2.10. The van der Waals surface area contributed by atoms with E-state index in [1.54, 1.807) is 0 Å². The maximum atomic E-state index is 5.23. The van der Waals surface area contributed by atoms with Crippen molar-refractivity contribution in [1.29, 1.82) is 0 Å². The summed E-state index contributed by atoms with van der Waals surface area (Å²) in [7, 11) is 0. The van der Waals surface area contributed by atoms with Gasteiger partial charge in [-0.05, 0) is 38.5 Å². The molecule has 0 fully saturated rings. The summed E-state index contributed by atoms with van der Waals surface area (Å²) in [6, 6.07) is 5.99. The molecule has 0 aliphatic rings. The summed E-state index contributed by atoms with van der Waals surface area (Å²) in [6.07, 6.45) is 1.33. The number of aryl methyl sites for hydroxylation is 3. The second kappa shape index (κ2) is 5.40. The van der Waals surface area contributed by atoms with Crippen molar-refractivity contribution >= 4 is 5.69 Å². The van der Waals surface area contributed by atoms with Crippen molar-refractivity contribution in [2.24, 2.45) is 0 Å². The van der Waals surface area contributed by atoms with Crippen LogP contribution in [0.15, 0.2) is 33.5 Å². The molecule has 6 nitrogen and oxygen atoms in total. The minimum Gasteiger partial charge on any atom is -0.423 e. The van der Waals surface area contributed by atoms with Gasteiger partial charge in [0.2, 0.25) is 12.3 Å². The molecule has 1 aromatic carbocycles. The van der Waals surface area contributed by atoms with E-state index in [9.17, 15) is 0 Å². The average Bonchev–Trinajstić information content (AvgIpc) is 3.10. The van der Waals surface area contributed by atoms with Crippen molar-refractivity contribution in [3.05, 3.63) is 47.2 Å². The Balaban J connectivity index is 1.84. The highest BCUT2D eigenvalue weighted by atomic mass is 16.5. The van der Waals surface area contributed by atoms with Crippen molar-refractivity contribution in [3.8, 4) is 11.5 Å². The van der Waals surface area contributed by atoms with Crippen LogP contribution in [0.2, 0.25) is 0 Å². The fourth-order valence-electron chi connectivity index (χ4n) is 2.18. The van der Waals surface area contributed by atoms with Crippen molar-refractivity contribution in [2.75, 3.05) is 5.32 Å². The number of rotatable bonds is 4. The molecule has 2 heterocycles. The van der Waals surface area contributed by atoms with E-state index in [-0.39, 0.29) is 0 Å². The molecule has 0 saturated heterocycles. The SMILES string of the molecule is Cc1ccc(-c2nnco2)cc1NCc1c(C)noc1C. The van der Waals surface area contributed by atoms with Gasteiger partial charge in [-0.2, -0.15) is 0 Å². The van der Waals surface area contributed by atoms with Crippen LogP contribution in [-0.2, 0) is 6.54 Å². The Morgan fingerprint density at radius 3 is 2.71 bits per heavy atom. The Morgan fingerprint density at radius 2 is 2.05 bits per heavy atom. The maximum Gasteiger partial charge on any atom is 0.247 e. The van der Waals surface area contributed by atoms with Gasteiger partial charge in [-0.25, -0.2) is 0 Å². The lowest BCUT2D eigenvalue weighted by molar-refractivity contribution is 0.392. The van der Waals surface area contributed by atoms with Gasteiger partial charge < -0.3 is 14.3 Å². The average molecular weight is 284 g/mol. The second-order valence-corrected chi connectivity index (χ2v) is 4.93. The molecule has 6 heteroatoms. The first-order chi connectivity index (χ1) is 10.1. The molecule has 3 rings (SSSR count). The third-order valence-electron chi connectivity index (χ3n) is 3.48. The van der Waals surface area contributed by atoms with Gasteiger partial charge in [-0.3, -0.25) is 0 Å². The summed E-state index contributed by atoms with van der Waals surface area (Å²) in [4.78, 5) is 0. The van der Waals surface area contributed by atoms with E-state index in [1.807, 2.05) is 39.0 Å². The minimum atomic E-state index is 0.510. The number of anilines is 1. The van der Waals surface area contributed by atoms with Crippen LogP contribution in [0.5, 0.6) is 0 Å². The molecule has 0 atom stereocenters. The normalized spacial score (nSPS) is 10.8. The van der Waals surface area contributed by atoms with Gasteiger partial charge in [-0.1, -0.05) is 11.2 Å². The monoisotopic (exact) mass is 284 g/mol. The molecular formula is C15H16N4O2. The van der Waals surface area contributed by atoms with Crippen molar-refractivity contribution in [1.82, 2.24) is 15.4 Å². The van der Waals surface area contributed by atoms with Gasteiger partial charge in [0.1, 0.15) is 5.76 Å². The van der Waals surface area contributed by atoms with Crippen LogP contribution in [0.25, 0.3) is 11.5 Å². The molecular weight excluding hydrogens is 268 g/mol. The van der Waals surface area contributed by atoms with E-state index < -0.39 is 0 Å². The summed E-state index contributed by atoms with van der Waals surface area (Å²) in [6.45, 7) is 6.57. The Kier molecular flexibility index (Phi) is 3.43. The Bertz CT molecular complexity index is 728. The van der Waals surface area contributed by atoms with Crippen LogP contribution in [0.3, 0.4) is 0 Å². The standard InChI is InChI=1S/C15H16N4O2/c1-9-4-5-12(15-18-17-8-20-15)6-14(9)16-7-13-10(2)19-21-11(13)3/h4-6,8,16H,7H2,1-3H3. The van der Waals surface area contributed by atoms with Crippen LogP contribution < -0.4 is 5.32 Å². The molecule has 0 aliphatic carbocycles.